The highest BCUT2D eigenvalue weighted by Crippen LogP contribution is 2.13. The van der Waals surface area contributed by atoms with Gasteiger partial charge in [0.25, 0.3) is 5.91 Å². The van der Waals surface area contributed by atoms with E-state index in [2.05, 4.69) is 5.32 Å². The van der Waals surface area contributed by atoms with Crippen molar-refractivity contribution in [3.63, 3.8) is 0 Å². The van der Waals surface area contributed by atoms with Gasteiger partial charge in [-0.2, -0.15) is 11.8 Å². The van der Waals surface area contributed by atoms with Gasteiger partial charge in [-0.05, 0) is 24.3 Å². The summed E-state index contributed by atoms with van der Waals surface area (Å²) in [4.78, 5) is 22.2. The van der Waals surface area contributed by atoms with Crippen molar-refractivity contribution in [1.82, 2.24) is 5.32 Å². The number of furan rings is 1. The van der Waals surface area contributed by atoms with Crippen LogP contribution in [0.2, 0.25) is 0 Å². The van der Waals surface area contributed by atoms with Gasteiger partial charge in [-0.3, -0.25) is 9.59 Å². The second-order valence-electron chi connectivity index (χ2n) is 4.11. The first-order valence-corrected chi connectivity index (χ1v) is 7.00. The van der Waals surface area contributed by atoms with Crippen LogP contribution in [0.25, 0.3) is 0 Å². The van der Waals surface area contributed by atoms with Crippen LogP contribution in [0.1, 0.15) is 29.7 Å². The molecule has 1 heterocycles. The predicted octanol–water partition coefficient (Wildman–Crippen LogP) is 1.98. The van der Waals surface area contributed by atoms with Crippen LogP contribution in [0.4, 0.5) is 0 Å². The van der Waals surface area contributed by atoms with Crippen LogP contribution in [0, 0.1) is 5.92 Å². The maximum Gasteiger partial charge on any atom is 0.303 e. The molecule has 1 amide bonds. The van der Waals surface area contributed by atoms with Crippen LogP contribution in [0.5, 0.6) is 0 Å². The van der Waals surface area contributed by atoms with Gasteiger partial charge in [-0.1, -0.05) is 6.92 Å². The molecule has 0 saturated heterocycles. The average molecular weight is 271 g/mol. The molecule has 18 heavy (non-hydrogen) atoms. The van der Waals surface area contributed by atoms with Crippen LogP contribution in [0.3, 0.4) is 0 Å². The van der Waals surface area contributed by atoms with E-state index in [4.69, 9.17) is 9.52 Å². The Morgan fingerprint density at radius 3 is 2.83 bits per heavy atom. The van der Waals surface area contributed by atoms with E-state index in [0.717, 1.165) is 11.5 Å². The predicted molar refractivity (Wildman–Crippen MR) is 69.7 cm³/mol. The number of carbonyl (C=O) groups excluding carboxylic acids is 1. The zero-order valence-corrected chi connectivity index (χ0v) is 11.3. The molecule has 1 aromatic heterocycles. The molecule has 6 heteroatoms. The third-order valence-corrected chi connectivity index (χ3v) is 2.88. The molecule has 0 spiro atoms. The second-order valence-corrected chi connectivity index (χ2v) is 4.98. The molecule has 1 aromatic rings. The van der Waals surface area contributed by atoms with Gasteiger partial charge in [0.05, 0.1) is 5.75 Å². The lowest BCUT2D eigenvalue weighted by Gasteiger charge is -2.08. The zero-order chi connectivity index (χ0) is 13.5. The van der Waals surface area contributed by atoms with E-state index in [9.17, 15) is 9.59 Å². The van der Waals surface area contributed by atoms with Gasteiger partial charge in [0.1, 0.15) is 5.76 Å². The smallest absolute Gasteiger partial charge is 0.303 e. The fraction of sp³-hybridized carbons (Fsp3) is 0.500. The molecule has 0 aromatic carbocycles. The molecule has 5 nitrogen and oxygen atoms in total. The zero-order valence-electron chi connectivity index (χ0n) is 10.4. The van der Waals surface area contributed by atoms with Crippen molar-refractivity contribution in [2.45, 2.75) is 19.1 Å². The fourth-order valence-electron chi connectivity index (χ4n) is 1.44. The largest absolute Gasteiger partial charge is 0.481 e. The van der Waals surface area contributed by atoms with Crippen LogP contribution in [0.15, 0.2) is 16.5 Å². The van der Waals surface area contributed by atoms with Crippen molar-refractivity contribution in [2.24, 2.45) is 5.92 Å². The number of hydrogen-bond acceptors (Lipinski definition) is 4. The molecule has 1 unspecified atom stereocenters. The third kappa shape index (κ3) is 4.83. The van der Waals surface area contributed by atoms with Gasteiger partial charge in [0, 0.05) is 13.0 Å². The maximum absolute atomic E-state index is 11.7. The number of carboxylic acid groups (broad SMARTS) is 1. The molecule has 0 aliphatic carbocycles. The number of carbonyl (C=O) groups is 2. The van der Waals surface area contributed by atoms with E-state index in [-0.39, 0.29) is 24.0 Å². The third-order valence-electron chi connectivity index (χ3n) is 2.31. The first-order valence-electron chi connectivity index (χ1n) is 5.60. The average Bonchev–Trinajstić information content (AvgIpc) is 2.74. The lowest BCUT2D eigenvalue weighted by Crippen LogP contribution is -2.28. The molecule has 1 rings (SSSR count). The highest BCUT2D eigenvalue weighted by molar-refractivity contribution is 7.97. The van der Waals surface area contributed by atoms with Crippen LogP contribution >= 0.6 is 11.8 Å². The highest BCUT2D eigenvalue weighted by atomic mass is 32.2. The van der Waals surface area contributed by atoms with Crippen molar-refractivity contribution in [2.75, 3.05) is 12.8 Å². The summed E-state index contributed by atoms with van der Waals surface area (Å²) in [5, 5.41) is 11.3. The number of hydrogen-bond donors (Lipinski definition) is 2. The molecule has 0 radical (unpaired) electrons. The van der Waals surface area contributed by atoms with Crippen molar-refractivity contribution in [1.29, 1.82) is 0 Å². The number of nitrogens with one attached hydrogen (secondary N) is 1. The van der Waals surface area contributed by atoms with E-state index < -0.39 is 5.97 Å². The van der Waals surface area contributed by atoms with Crippen LogP contribution in [-0.4, -0.2) is 29.8 Å². The van der Waals surface area contributed by atoms with E-state index in [1.54, 1.807) is 30.8 Å². The van der Waals surface area contributed by atoms with E-state index in [0.29, 0.717) is 6.54 Å². The minimum atomic E-state index is -0.864. The first kappa shape index (κ1) is 14.6. The second kappa shape index (κ2) is 7.10. The Labute approximate surface area is 110 Å². The molecule has 0 saturated carbocycles. The quantitative estimate of drug-likeness (QED) is 0.792. The monoisotopic (exact) mass is 271 g/mol. The lowest BCUT2D eigenvalue weighted by molar-refractivity contribution is -0.137. The van der Waals surface area contributed by atoms with Gasteiger partial charge in [0.15, 0.2) is 5.76 Å². The topological polar surface area (TPSA) is 79.5 Å². The summed E-state index contributed by atoms with van der Waals surface area (Å²) in [6.45, 7) is 2.10. The Morgan fingerprint density at radius 1 is 1.50 bits per heavy atom. The Balaban J connectivity index is 2.42. The normalized spacial score (nSPS) is 12.1. The van der Waals surface area contributed by atoms with Crippen LogP contribution in [-0.2, 0) is 10.5 Å². The summed E-state index contributed by atoms with van der Waals surface area (Å²) in [5.74, 6) is 0.472. The summed E-state index contributed by atoms with van der Waals surface area (Å²) in [7, 11) is 0. The van der Waals surface area contributed by atoms with Crippen molar-refractivity contribution in [3.05, 3.63) is 23.7 Å². The molecule has 100 valence electrons. The molecule has 0 bridgehead atoms. The number of amides is 1. The summed E-state index contributed by atoms with van der Waals surface area (Å²) in [6.07, 6.45) is 1.99. The van der Waals surface area contributed by atoms with Gasteiger partial charge in [-0.15, -0.1) is 0 Å². The SMILES string of the molecule is CSCc1ccc(C(=O)NCC(C)CC(=O)O)o1. The molecule has 1 atom stereocenters. The van der Waals surface area contributed by atoms with Gasteiger partial charge >= 0.3 is 5.97 Å². The van der Waals surface area contributed by atoms with Crippen molar-refractivity contribution in [3.8, 4) is 0 Å². The highest BCUT2D eigenvalue weighted by Gasteiger charge is 2.13. The van der Waals surface area contributed by atoms with Crippen LogP contribution < -0.4 is 5.32 Å². The standard InChI is InChI=1S/C12H17NO4S/c1-8(5-11(14)15)6-13-12(16)10-4-3-9(17-10)7-18-2/h3-4,8H,5-7H2,1-2H3,(H,13,16)(H,14,15). The number of aliphatic carboxylic acids is 1. The van der Waals surface area contributed by atoms with Gasteiger partial charge < -0.3 is 14.8 Å². The molecule has 0 aliphatic rings. The molecular weight excluding hydrogens is 254 g/mol. The van der Waals surface area contributed by atoms with Crippen molar-refractivity contribution < 1.29 is 19.1 Å². The minimum absolute atomic E-state index is 0.0379. The Kier molecular flexibility index (Phi) is 5.77. The summed E-state index contributed by atoms with van der Waals surface area (Å²) in [5.41, 5.74) is 0. The maximum atomic E-state index is 11.7. The Morgan fingerprint density at radius 2 is 2.22 bits per heavy atom. The van der Waals surface area contributed by atoms with Crippen molar-refractivity contribution >= 4 is 23.6 Å². The minimum Gasteiger partial charge on any atom is -0.481 e. The Hall–Kier alpha value is -1.43. The number of thioether (sulfide) groups is 1. The van der Waals surface area contributed by atoms with Gasteiger partial charge in [-0.25, -0.2) is 0 Å². The number of carboxylic acids is 1. The molecule has 0 fully saturated rings. The molecule has 0 aliphatic heterocycles. The number of rotatable bonds is 7. The molecule has 2 N–H and O–H groups in total. The summed E-state index contributed by atoms with van der Waals surface area (Å²) in [6, 6.07) is 3.40. The summed E-state index contributed by atoms with van der Waals surface area (Å²) < 4.78 is 5.35. The molecular formula is C12H17NO4S. The van der Waals surface area contributed by atoms with Gasteiger partial charge in [0.2, 0.25) is 0 Å². The first-order chi connectivity index (χ1) is 8.52. The van der Waals surface area contributed by atoms with E-state index in [1.807, 2.05) is 6.26 Å². The fourth-order valence-corrected chi connectivity index (χ4v) is 1.88. The Bertz CT molecular complexity index is 416. The van der Waals surface area contributed by atoms with E-state index >= 15 is 0 Å². The lowest BCUT2D eigenvalue weighted by atomic mass is 10.1. The summed E-state index contributed by atoms with van der Waals surface area (Å²) >= 11 is 1.61. The van der Waals surface area contributed by atoms with E-state index in [1.165, 1.54) is 0 Å².